The molecule has 0 bridgehead atoms. The molecule has 90 valence electrons. The summed E-state index contributed by atoms with van der Waals surface area (Å²) >= 11 is 0. The van der Waals surface area contributed by atoms with Crippen molar-refractivity contribution in [3.63, 3.8) is 0 Å². The van der Waals surface area contributed by atoms with E-state index in [1.807, 2.05) is 0 Å². The molecule has 0 N–H and O–H groups in total. The van der Waals surface area contributed by atoms with E-state index in [2.05, 4.69) is 25.7 Å². The SMILES string of the molecule is CC(C)(C)N1CCCC(OCCF)CC1. The fourth-order valence-electron chi connectivity index (χ4n) is 2.11. The third-order valence-corrected chi connectivity index (χ3v) is 3.05. The van der Waals surface area contributed by atoms with E-state index in [-0.39, 0.29) is 24.9 Å². The maximum atomic E-state index is 12.0. The molecule has 15 heavy (non-hydrogen) atoms. The summed E-state index contributed by atoms with van der Waals surface area (Å²) in [7, 11) is 0. The second-order valence-electron chi connectivity index (χ2n) is 5.27. The molecule has 0 aromatic carbocycles. The van der Waals surface area contributed by atoms with Crippen LogP contribution in [0.2, 0.25) is 0 Å². The number of ether oxygens (including phenoxy) is 1. The van der Waals surface area contributed by atoms with Crippen molar-refractivity contribution in [1.82, 2.24) is 4.90 Å². The topological polar surface area (TPSA) is 12.5 Å². The minimum Gasteiger partial charge on any atom is -0.375 e. The van der Waals surface area contributed by atoms with Gasteiger partial charge in [0.2, 0.25) is 0 Å². The van der Waals surface area contributed by atoms with Gasteiger partial charge in [-0.1, -0.05) is 0 Å². The molecule has 1 rings (SSSR count). The number of halogens is 1. The highest BCUT2D eigenvalue weighted by Gasteiger charge is 2.24. The highest BCUT2D eigenvalue weighted by molar-refractivity contribution is 4.80. The first-order chi connectivity index (χ1) is 7.04. The van der Waals surface area contributed by atoms with Gasteiger partial charge in [-0.15, -0.1) is 0 Å². The number of rotatable bonds is 3. The van der Waals surface area contributed by atoms with Gasteiger partial charge in [0, 0.05) is 12.1 Å². The molecule has 2 nitrogen and oxygen atoms in total. The molecule has 1 atom stereocenters. The van der Waals surface area contributed by atoms with Crippen LogP contribution in [0, 0.1) is 0 Å². The van der Waals surface area contributed by atoms with E-state index in [0.29, 0.717) is 0 Å². The number of nitrogens with zero attached hydrogens (tertiary/aromatic N) is 1. The van der Waals surface area contributed by atoms with Gasteiger partial charge < -0.3 is 4.74 Å². The van der Waals surface area contributed by atoms with Crippen LogP contribution in [0.3, 0.4) is 0 Å². The molecule has 1 heterocycles. The van der Waals surface area contributed by atoms with Crippen LogP contribution in [-0.4, -0.2) is 42.9 Å². The van der Waals surface area contributed by atoms with Crippen LogP contribution in [-0.2, 0) is 4.74 Å². The van der Waals surface area contributed by atoms with Crippen molar-refractivity contribution in [2.45, 2.75) is 51.7 Å². The molecular formula is C12H24FNO. The van der Waals surface area contributed by atoms with Crippen LogP contribution in [0.5, 0.6) is 0 Å². The summed E-state index contributed by atoms with van der Waals surface area (Å²) in [6.45, 7) is 8.85. The fourth-order valence-corrected chi connectivity index (χ4v) is 2.11. The third-order valence-electron chi connectivity index (χ3n) is 3.05. The molecular weight excluding hydrogens is 193 g/mol. The molecule has 0 spiro atoms. The van der Waals surface area contributed by atoms with Gasteiger partial charge in [-0.25, -0.2) is 4.39 Å². The lowest BCUT2D eigenvalue weighted by Crippen LogP contribution is -2.42. The molecule has 0 aromatic rings. The van der Waals surface area contributed by atoms with E-state index >= 15 is 0 Å². The van der Waals surface area contributed by atoms with Crippen LogP contribution >= 0.6 is 0 Å². The summed E-state index contributed by atoms with van der Waals surface area (Å²) in [6.07, 6.45) is 3.55. The van der Waals surface area contributed by atoms with Crippen molar-refractivity contribution in [2.24, 2.45) is 0 Å². The molecule has 0 amide bonds. The Morgan fingerprint density at radius 2 is 2.00 bits per heavy atom. The standard InChI is InChI=1S/C12H24FNO/c1-12(2,3)14-8-4-5-11(6-9-14)15-10-7-13/h11H,4-10H2,1-3H3. The fraction of sp³-hybridized carbons (Fsp3) is 1.00. The van der Waals surface area contributed by atoms with Crippen molar-refractivity contribution < 1.29 is 9.13 Å². The van der Waals surface area contributed by atoms with E-state index in [4.69, 9.17) is 4.74 Å². The maximum absolute atomic E-state index is 12.0. The zero-order valence-corrected chi connectivity index (χ0v) is 10.3. The van der Waals surface area contributed by atoms with Crippen LogP contribution < -0.4 is 0 Å². The molecule has 0 aliphatic carbocycles. The molecule has 0 radical (unpaired) electrons. The van der Waals surface area contributed by atoms with Crippen molar-refractivity contribution in [3.8, 4) is 0 Å². The van der Waals surface area contributed by atoms with Gasteiger partial charge in [0.25, 0.3) is 0 Å². The van der Waals surface area contributed by atoms with Gasteiger partial charge in [0.05, 0.1) is 12.7 Å². The average Bonchev–Trinajstić information content (AvgIpc) is 2.38. The van der Waals surface area contributed by atoms with Gasteiger partial charge in [-0.2, -0.15) is 0 Å². The lowest BCUT2D eigenvalue weighted by Gasteiger charge is -2.34. The van der Waals surface area contributed by atoms with E-state index in [1.165, 1.54) is 0 Å². The third kappa shape index (κ3) is 4.47. The minimum absolute atomic E-state index is 0.245. The van der Waals surface area contributed by atoms with E-state index < -0.39 is 0 Å². The molecule has 1 unspecified atom stereocenters. The predicted octanol–water partition coefficient (Wildman–Crippen LogP) is 2.63. The molecule has 1 saturated heterocycles. The van der Waals surface area contributed by atoms with Crippen molar-refractivity contribution >= 4 is 0 Å². The smallest absolute Gasteiger partial charge is 0.113 e. The van der Waals surface area contributed by atoms with Gasteiger partial charge in [-0.3, -0.25) is 4.90 Å². The van der Waals surface area contributed by atoms with E-state index in [0.717, 1.165) is 32.4 Å². The first-order valence-electron chi connectivity index (χ1n) is 5.96. The number of hydrogen-bond donors (Lipinski definition) is 0. The molecule has 1 fully saturated rings. The molecule has 3 heteroatoms. The van der Waals surface area contributed by atoms with Crippen LogP contribution in [0.25, 0.3) is 0 Å². The summed E-state index contributed by atoms with van der Waals surface area (Å²) in [4.78, 5) is 2.49. The summed E-state index contributed by atoms with van der Waals surface area (Å²) in [5.41, 5.74) is 0.245. The Hall–Kier alpha value is -0.150. The zero-order valence-electron chi connectivity index (χ0n) is 10.3. The van der Waals surface area contributed by atoms with Gasteiger partial charge >= 0.3 is 0 Å². The van der Waals surface area contributed by atoms with Crippen molar-refractivity contribution in [3.05, 3.63) is 0 Å². The predicted molar refractivity (Wildman–Crippen MR) is 60.9 cm³/mol. The quantitative estimate of drug-likeness (QED) is 0.720. The number of likely N-dealkylation sites (tertiary alicyclic amines) is 1. The zero-order chi connectivity index (χ0) is 11.3. The normalized spacial score (nSPS) is 25.2. The average molecular weight is 217 g/mol. The second kappa shape index (κ2) is 5.80. The highest BCUT2D eigenvalue weighted by Crippen LogP contribution is 2.21. The molecule has 0 saturated carbocycles. The van der Waals surface area contributed by atoms with Crippen molar-refractivity contribution in [2.75, 3.05) is 26.4 Å². The number of alkyl halides is 1. The van der Waals surface area contributed by atoms with Crippen molar-refractivity contribution in [1.29, 1.82) is 0 Å². The van der Waals surface area contributed by atoms with Crippen LogP contribution in [0.4, 0.5) is 4.39 Å². The summed E-state index contributed by atoms with van der Waals surface area (Å²) < 4.78 is 17.5. The van der Waals surface area contributed by atoms with Gasteiger partial charge in [0.1, 0.15) is 6.67 Å². The Bertz CT molecular complexity index is 179. The Morgan fingerprint density at radius 3 is 2.60 bits per heavy atom. The Morgan fingerprint density at radius 1 is 1.27 bits per heavy atom. The Kier molecular flexibility index (Phi) is 5.00. The van der Waals surface area contributed by atoms with Gasteiger partial charge in [-0.05, 0) is 46.6 Å². The second-order valence-corrected chi connectivity index (χ2v) is 5.27. The molecule has 1 aliphatic rings. The van der Waals surface area contributed by atoms with Crippen LogP contribution in [0.1, 0.15) is 40.0 Å². The maximum Gasteiger partial charge on any atom is 0.113 e. The molecule has 0 aromatic heterocycles. The summed E-state index contributed by atoms with van der Waals surface area (Å²) in [6, 6.07) is 0. The Balaban J connectivity index is 2.35. The molecule has 1 aliphatic heterocycles. The minimum atomic E-state index is -0.362. The van der Waals surface area contributed by atoms with E-state index in [1.54, 1.807) is 0 Å². The monoisotopic (exact) mass is 217 g/mol. The van der Waals surface area contributed by atoms with Gasteiger partial charge in [0.15, 0.2) is 0 Å². The lowest BCUT2D eigenvalue weighted by molar-refractivity contribution is 0.0328. The summed E-state index contributed by atoms with van der Waals surface area (Å²) in [5.74, 6) is 0. The summed E-state index contributed by atoms with van der Waals surface area (Å²) in [5, 5.41) is 0. The first kappa shape index (κ1) is 12.9. The lowest BCUT2D eigenvalue weighted by atomic mass is 10.1. The largest absolute Gasteiger partial charge is 0.375 e. The van der Waals surface area contributed by atoms with E-state index in [9.17, 15) is 4.39 Å². The Labute approximate surface area is 92.8 Å². The highest BCUT2D eigenvalue weighted by atomic mass is 19.1. The number of hydrogen-bond acceptors (Lipinski definition) is 2. The first-order valence-corrected chi connectivity index (χ1v) is 5.96. The van der Waals surface area contributed by atoms with Crippen LogP contribution in [0.15, 0.2) is 0 Å².